The molecule has 0 heterocycles. The summed E-state index contributed by atoms with van der Waals surface area (Å²) in [5.74, 6) is 2.38. The fourth-order valence-corrected chi connectivity index (χ4v) is 2.37. The molecule has 2 rings (SSSR count). The Morgan fingerprint density at radius 1 is 1.35 bits per heavy atom. The van der Waals surface area contributed by atoms with Crippen LogP contribution in [0, 0.1) is 5.92 Å². The number of carbonyl (C=O) groups excluding carboxylic acids is 1. The predicted octanol–water partition coefficient (Wildman–Crippen LogP) is 2.55. The van der Waals surface area contributed by atoms with Gasteiger partial charge in [-0.25, -0.2) is 0 Å². The topological polar surface area (TPSA) is 47.6 Å². The molecule has 0 aromatic heterocycles. The van der Waals surface area contributed by atoms with Gasteiger partial charge in [-0.05, 0) is 55.9 Å². The Bertz CT molecular complexity index is 469. The van der Waals surface area contributed by atoms with Crippen LogP contribution in [0.25, 0.3) is 0 Å². The molecule has 1 amide bonds. The third kappa shape index (κ3) is 3.89. The highest BCUT2D eigenvalue weighted by molar-refractivity contribution is 5.76. The van der Waals surface area contributed by atoms with Gasteiger partial charge in [0.25, 0.3) is 0 Å². The fraction of sp³-hybridized carbons (Fsp3) is 0.562. The number of methoxy groups -OCH3 is 2. The first-order valence-corrected chi connectivity index (χ1v) is 7.14. The van der Waals surface area contributed by atoms with E-state index in [9.17, 15) is 4.79 Å². The van der Waals surface area contributed by atoms with Crippen molar-refractivity contribution in [1.29, 1.82) is 0 Å². The van der Waals surface area contributed by atoms with E-state index in [2.05, 4.69) is 12.2 Å². The van der Waals surface area contributed by atoms with Crippen LogP contribution in [0.3, 0.4) is 0 Å². The van der Waals surface area contributed by atoms with E-state index in [1.807, 2.05) is 18.2 Å². The van der Waals surface area contributed by atoms with Crippen molar-refractivity contribution < 1.29 is 14.3 Å². The number of rotatable bonds is 7. The first kappa shape index (κ1) is 14.7. The van der Waals surface area contributed by atoms with Crippen LogP contribution >= 0.6 is 0 Å². The summed E-state index contributed by atoms with van der Waals surface area (Å²) in [4.78, 5) is 11.9. The number of ether oxygens (including phenoxy) is 2. The van der Waals surface area contributed by atoms with Crippen LogP contribution < -0.4 is 14.8 Å². The standard InChI is InChI=1S/C16H23NO3/c1-11(12-4-5-12)17-16(18)9-6-13-10-14(19-2)7-8-15(13)20-3/h7-8,10-12H,4-6,9H2,1-3H3,(H,17,18). The van der Waals surface area contributed by atoms with Gasteiger partial charge >= 0.3 is 0 Å². The molecule has 1 aliphatic rings. The normalized spacial score (nSPS) is 15.6. The largest absolute Gasteiger partial charge is 0.497 e. The molecule has 4 nitrogen and oxygen atoms in total. The van der Waals surface area contributed by atoms with Crippen molar-refractivity contribution in [1.82, 2.24) is 5.32 Å². The lowest BCUT2D eigenvalue weighted by Gasteiger charge is -2.14. The number of hydrogen-bond donors (Lipinski definition) is 1. The zero-order valence-corrected chi connectivity index (χ0v) is 12.4. The Balaban J connectivity index is 1.90. The van der Waals surface area contributed by atoms with Gasteiger partial charge in [-0.3, -0.25) is 4.79 Å². The molecule has 1 unspecified atom stereocenters. The second-order valence-electron chi connectivity index (χ2n) is 5.37. The molecule has 1 saturated carbocycles. The van der Waals surface area contributed by atoms with E-state index < -0.39 is 0 Å². The van der Waals surface area contributed by atoms with Crippen molar-refractivity contribution in [2.24, 2.45) is 5.92 Å². The molecule has 0 aliphatic heterocycles. The lowest BCUT2D eigenvalue weighted by atomic mass is 10.1. The Morgan fingerprint density at radius 3 is 2.70 bits per heavy atom. The summed E-state index contributed by atoms with van der Waals surface area (Å²) in [5.41, 5.74) is 1.00. The molecule has 0 bridgehead atoms. The number of aryl methyl sites for hydroxylation is 1. The highest BCUT2D eigenvalue weighted by atomic mass is 16.5. The van der Waals surface area contributed by atoms with E-state index in [-0.39, 0.29) is 5.91 Å². The average Bonchev–Trinajstić information content (AvgIpc) is 3.29. The molecule has 1 aromatic rings. The summed E-state index contributed by atoms with van der Waals surface area (Å²) < 4.78 is 10.5. The lowest BCUT2D eigenvalue weighted by molar-refractivity contribution is -0.121. The van der Waals surface area contributed by atoms with Gasteiger partial charge in [-0.2, -0.15) is 0 Å². The van der Waals surface area contributed by atoms with E-state index in [0.717, 1.165) is 17.1 Å². The van der Waals surface area contributed by atoms with Gasteiger partial charge in [0, 0.05) is 12.5 Å². The van der Waals surface area contributed by atoms with Gasteiger partial charge in [-0.1, -0.05) is 0 Å². The minimum Gasteiger partial charge on any atom is -0.497 e. The first-order chi connectivity index (χ1) is 9.63. The highest BCUT2D eigenvalue weighted by Crippen LogP contribution is 2.32. The van der Waals surface area contributed by atoms with Crippen molar-refractivity contribution in [3.8, 4) is 11.5 Å². The summed E-state index contributed by atoms with van der Waals surface area (Å²) in [5, 5.41) is 3.07. The molecular weight excluding hydrogens is 254 g/mol. The molecular formula is C16H23NO3. The molecule has 1 atom stereocenters. The van der Waals surface area contributed by atoms with E-state index in [1.165, 1.54) is 12.8 Å². The van der Waals surface area contributed by atoms with Crippen LogP contribution in [0.5, 0.6) is 11.5 Å². The zero-order valence-electron chi connectivity index (χ0n) is 12.4. The third-order valence-corrected chi connectivity index (χ3v) is 3.83. The summed E-state index contributed by atoms with van der Waals surface area (Å²) in [6, 6.07) is 5.96. The van der Waals surface area contributed by atoms with Crippen LogP contribution in [-0.2, 0) is 11.2 Å². The minimum absolute atomic E-state index is 0.106. The van der Waals surface area contributed by atoms with Crippen molar-refractivity contribution in [2.45, 2.75) is 38.6 Å². The molecule has 4 heteroatoms. The zero-order chi connectivity index (χ0) is 14.5. The Morgan fingerprint density at radius 2 is 2.10 bits per heavy atom. The second kappa shape index (κ2) is 6.64. The third-order valence-electron chi connectivity index (χ3n) is 3.83. The molecule has 0 radical (unpaired) electrons. The molecule has 1 fully saturated rings. The number of benzene rings is 1. The van der Waals surface area contributed by atoms with Crippen molar-refractivity contribution in [3.63, 3.8) is 0 Å². The summed E-state index contributed by atoms with van der Waals surface area (Å²) in [6.45, 7) is 2.09. The van der Waals surface area contributed by atoms with Gasteiger partial charge < -0.3 is 14.8 Å². The molecule has 1 aromatic carbocycles. The van der Waals surface area contributed by atoms with E-state index in [4.69, 9.17) is 9.47 Å². The Kier molecular flexibility index (Phi) is 4.88. The van der Waals surface area contributed by atoms with E-state index >= 15 is 0 Å². The quantitative estimate of drug-likeness (QED) is 0.833. The van der Waals surface area contributed by atoms with Crippen molar-refractivity contribution in [2.75, 3.05) is 14.2 Å². The monoisotopic (exact) mass is 277 g/mol. The number of nitrogens with one attached hydrogen (secondary N) is 1. The molecule has 1 N–H and O–H groups in total. The fourth-order valence-electron chi connectivity index (χ4n) is 2.37. The molecule has 1 aliphatic carbocycles. The number of carbonyl (C=O) groups is 1. The van der Waals surface area contributed by atoms with Crippen molar-refractivity contribution in [3.05, 3.63) is 23.8 Å². The highest BCUT2D eigenvalue weighted by Gasteiger charge is 2.28. The van der Waals surface area contributed by atoms with E-state index in [0.29, 0.717) is 24.8 Å². The van der Waals surface area contributed by atoms with Crippen LogP contribution in [0.4, 0.5) is 0 Å². The number of amides is 1. The van der Waals surface area contributed by atoms with Gasteiger partial charge in [-0.15, -0.1) is 0 Å². The summed E-state index contributed by atoms with van der Waals surface area (Å²) >= 11 is 0. The molecule has 0 spiro atoms. The van der Waals surface area contributed by atoms with E-state index in [1.54, 1.807) is 14.2 Å². The van der Waals surface area contributed by atoms with Crippen LogP contribution in [0.15, 0.2) is 18.2 Å². The maximum Gasteiger partial charge on any atom is 0.220 e. The Hall–Kier alpha value is -1.71. The lowest BCUT2D eigenvalue weighted by Crippen LogP contribution is -2.34. The first-order valence-electron chi connectivity index (χ1n) is 7.14. The van der Waals surface area contributed by atoms with Crippen molar-refractivity contribution >= 4 is 5.91 Å². The smallest absolute Gasteiger partial charge is 0.220 e. The van der Waals surface area contributed by atoms with Crippen LogP contribution in [0.1, 0.15) is 31.7 Å². The maximum absolute atomic E-state index is 11.9. The Labute approximate surface area is 120 Å². The minimum atomic E-state index is 0.106. The average molecular weight is 277 g/mol. The SMILES string of the molecule is COc1ccc(OC)c(CCC(=O)NC(C)C2CC2)c1. The predicted molar refractivity (Wildman–Crippen MR) is 78.2 cm³/mol. The summed E-state index contributed by atoms with van der Waals surface area (Å²) in [6.07, 6.45) is 3.61. The molecule has 0 saturated heterocycles. The molecule has 110 valence electrons. The van der Waals surface area contributed by atoms with Crippen LogP contribution in [-0.4, -0.2) is 26.2 Å². The maximum atomic E-state index is 11.9. The van der Waals surface area contributed by atoms with Gasteiger partial charge in [0.2, 0.25) is 5.91 Å². The van der Waals surface area contributed by atoms with Gasteiger partial charge in [0.05, 0.1) is 14.2 Å². The van der Waals surface area contributed by atoms with Crippen LogP contribution in [0.2, 0.25) is 0 Å². The molecule has 20 heavy (non-hydrogen) atoms. The summed E-state index contributed by atoms with van der Waals surface area (Å²) in [7, 11) is 3.27. The van der Waals surface area contributed by atoms with Gasteiger partial charge in [0.1, 0.15) is 11.5 Å². The van der Waals surface area contributed by atoms with Gasteiger partial charge in [0.15, 0.2) is 0 Å². The second-order valence-corrected chi connectivity index (χ2v) is 5.37. The number of hydrogen-bond acceptors (Lipinski definition) is 3.